The molecule has 1 N–H and O–H groups in total. The van der Waals surface area contributed by atoms with Crippen molar-refractivity contribution < 1.29 is 9.50 Å². The molecule has 0 radical (unpaired) electrons. The van der Waals surface area contributed by atoms with Crippen LogP contribution in [0.4, 0.5) is 4.39 Å². The molecule has 0 bridgehead atoms. The molecule has 1 nitrogen and oxygen atoms in total. The van der Waals surface area contributed by atoms with Gasteiger partial charge in [0.05, 0.1) is 6.10 Å². The first-order valence-electron chi connectivity index (χ1n) is 6.87. The number of rotatable bonds is 3. The second-order valence-electron chi connectivity index (χ2n) is 5.34. The van der Waals surface area contributed by atoms with Crippen molar-refractivity contribution in [3.63, 3.8) is 0 Å². The zero-order valence-corrected chi connectivity index (χ0v) is 11.8. The van der Waals surface area contributed by atoms with E-state index in [1.165, 1.54) is 23.6 Å². The van der Waals surface area contributed by atoms with Gasteiger partial charge in [-0.25, -0.2) is 4.39 Å². The number of aliphatic hydroxyl groups excluding tert-OH is 1. The largest absolute Gasteiger partial charge is 0.388 e. The van der Waals surface area contributed by atoms with Crippen molar-refractivity contribution in [3.8, 4) is 0 Å². The van der Waals surface area contributed by atoms with E-state index in [1.54, 1.807) is 12.1 Å². The van der Waals surface area contributed by atoms with Crippen LogP contribution in [0.1, 0.15) is 34.8 Å². The fourth-order valence-corrected chi connectivity index (χ4v) is 3.02. The van der Waals surface area contributed by atoms with Gasteiger partial charge >= 0.3 is 0 Å². The van der Waals surface area contributed by atoms with Gasteiger partial charge in [0, 0.05) is 17.0 Å². The average Bonchev–Trinajstić information content (AvgIpc) is 2.85. The maximum absolute atomic E-state index is 13.8. The van der Waals surface area contributed by atoms with E-state index in [-0.39, 0.29) is 0 Å². The zero-order chi connectivity index (χ0) is 14.1. The van der Waals surface area contributed by atoms with Crippen LogP contribution in [0.5, 0.6) is 0 Å². The number of aryl methyl sites for hydroxylation is 2. The first-order valence-corrected chi connectivity index (χ1v) is 7.25. The van der Waals surface area contributed by atoms with Crippen molar-refractivity contribution in [2.24, 2.45) is 0 Å². The Labute approximate surface area is 123 Å². The lowest BCUT2D eigenvalue weighted by Gasteiger charge is -2.13. The molecular weight excluding hydrogens is 275 g/mol. The van der Waals surface area contributed by atoms with Crippen LogP contribution in [0.3, 0.4) is 0 Å². The van der Waals surface area contributed by atoms with Gasteiger partial charge in [0.25, 0.3) is 0 Å². The van der Waals surface area contributed by atoms with E-state index >= 15 is 0 Å². The Morgan fingerprint density at radius 1 is 1.10 bits per heavy atom. The molecule has 20 heavy (non-hydrogen) atoms. The van der Waals surface area contributed by atoms with E-state index in [9.17, 15) is 9.50 Å². The molecule has 0 saturated carbocycles. The summed E-state index contributed by atoms with van der Waals surface area (Å²) in [5.74, 6) is -0.453. The second-order valence-corrected chi connectivity index (χ2v) is 5.78. The molecule has 2 aromatic carbocycles. The predicted molar refractivity (Wildman–Crippen MR) is 78.5 cm³/mol. The van der Waals surface area contributed by atoms with Crippen LogP contribution in [0.2, 0.25) is 5.02 Å². The zero-order valence-electron chi connectivity index (χ0n) is 11.1. The normalized spacial score (nSPS) is 15.2. The van der Waals surface area contributed by atoms with Gasteiger partial charge in [-0.3, -0.25) is 0 Å². The van der Waals surface area contributed by atoms with Gasteiger partial charge in [0.15, 0.2) is 0 Å². The fourth-order valence-electron chi connectivity index (χ4n) is 2.86. The molecule has 0 spiro atoms. The van der Waals surface area contributed by atoms with Crippen LogP contribution in [0.15, 0.2) is 36.4 Å². The van der Waals surface area contributed by atoms with Gasteiger partial charge < -0.3 is 5.11 Å². The minimum atomic E-state index is -0.841. The van der Waals surface area contributed by atoms with Crippen LogP contribution < -0.4 is 0 Å². The van der Waals surface area contributed by atoms with E-state index < -0.39 is 11.9 Å². The van der Waals surface area contributed by atoms with Crippen LogP contribution in [-0.4, -0.2) is 5.11 Å². The third kappa shape index (κ3) is 2.72. The SMILES string of the molecule is OC(Cc1ccc2c(c1)CCC2)c1ccc(Cl)cc1F. The minimum Gasteiger partial charge on any atom is -0.388 e. The minimum absolute atomic E-state index is 0.301. The maximum Gasteiger partial charge on any atom is 0.130 e. The predicted octanol–water partition coefficient (Wildman–Crippen LogP) is 4.24. The summed E-state index contributed by atoms with van der Waals surface area (Å²) < 4.78 is 13.8. The lowest BCUT2D eigenvalue weighted by atomic mass is 9.98. The van der Waals surface area contributed by atoms with Gasteiger partial charge in [0.1, 0.15) is 5.82 Å². The van der Waals surface area contributed by atoms with Crippen molar-refractivity contribution in [2.75, 3.05) is 0 Å². The number of fused-ring (bicyclic) bond motifs is 1. The highest BCUT2D eigenvalue weighted by Crippen LogP contribution is 2.27. The van der Waals surface area contributed by atoms with Crippen LogP contribution in [-0.2, 0) is 19.3 Å². The molecule has 0 aromatic heterocycles. The Bertz CT molecular complexity index is 639. The highest BCUT2D eigenvalue weighted by atomic mass is 35.5. The first-order chi connectivity index (χ1) is 9.63. The van der Waals surface area contributed by atoms with Crippen LogP contribution in [0, 0.1) is 5.82 Å². The number of hydrogen-bond donors (Lipinski definition) is 1. The standard InChI is InChI=1S/C17H16ClFO/c18-14-6-7-15(16(19)10-14)17(20)9-11-4-5-12-2-1-3-13(12)8-11/h4-8,10,17,20H,1-3,9H2. The summed E-state index contributed by atoms with van der Waals surface area (Å²) in [5, 5.41) is 10.6. The summed E-state index contributed by atoms with van der Waals surface area (Å²) in [6, 6.07) is 10.7. The first kappa shape index (κ1) is 13.6. The topological polar surface area (TPSA) is 20.2 Å². The molecule has 1 aliphatic rings. The van der Waals surface area contributed by atoms with Crippen molar-refractivity contribution in [3.05, 3.63) is 69.5 Å². The molecule has 2 aromatic rings. The molecular formula is C17H16ClFO. The molecule has 0 fully saturated rings. The summed E-state index contributed by atoms with van der Waals surface area (Å²) in [4.78, 5) is 0. The summed E-state index contributed by atoms with van der Waals surface area (Å²) in [6.07, 6.45) is 3.03. The Morgan fingerprint density at radius 3 is 2.70 bits per heavy atom. The fraction of sp³-hybridized carbons (Fsp3) is 0.294. The molecule has 0 heterocycles. The number of hydrogen-bond acceptors (Lipinski definition) is 1. The monoisotopic (exact) mass is 290 g/mol. The van der Waals surface area contributed by atoms with Gasteiger partial charge in [0.2, 0.25) is 0 Å². The van der Waals surface area contributed by atoms with Crippen molar-refractivity contribution in [2.45, 2.75) is 31.8 Å². The third-order valence-corrected chi connectivity index (χ3v) is 4.15. The van der Waals surface area contributed by atoms with Gasteiger partial charge in [-0.1, -0.05) is 35.9 Å². The Kier molecular flexibility index (Phi) is 3.77. The van der Waals surface area contributed by atoms with Crippen LogP contribution in [0.25, 0.3) is 0 Å². The Hall–Kier alpha value is -1.38. The van der Waals surface area contributed by atoms with Crippen LogP contribution >= 0.6 is 11.6 Å². The van der Waals surface area contributed by atoms with E-state index in [4.69, 9.17) is 11.6 Å². The molecule has 0 saturated heterocycles. The third-order valence-electron chi connectivity index (χ3n) is 3.91. The smallest absolute Gasteiger partial charge is 0.130 e. The molecule has 0 aliphatic heterocycles. The van der Waals surface area contributed by atoms with Gasteiger partial charge in [-0.15, -0.1) is 0 Å². The Morgan fingerprint density at radius 2 is 1.90 bits per heavy atom. The maximum atomic E-state index is 13.8. The highest BCUT2D eigenvalue weighted by molar-refractivity contribution is 6.30. The molecule has 1 unspecified atom stereocenters. The highest BCUT2D eigenvalue weighted by Gasteiger charge is 2.16. The molecule has 1 atom stereocenters. The summed E-state index contributed by atoms with van der Waals surface area (Å²) in [6.45, 7) is 0. The van der Waals surface area contributed by atoms with Gasteiger partial charge in [-0.05, 0) is 48.1 Å². The van der Waals surface area contributed by atoms with E-state index in [1.807, 2.05) is 6.07 Å². The summed E-state index contributed by atoms with van der Waals surface area (Å²) in [7, 11) is 0. The summed E-state index contributed by atoms with van der Waals surface area (Å²) >= 11 is 5.72. The second kappa shape index (κ2) is 5.55. The lowest BCUT2D eigenvalue weighted by Crippen LogP contribution is -2.05. The molecule has 3 heteroatoms. The molecule has 0 amide bonds. The number of aliphatic hydroxyl groups is 1. The quantitative estimate of drug-likeness (QED) is 0.896. The summed E-state index contributed by atoms with van der Waals surface area (Å²) in [5.41, 5.74) is 4.12. The average molecular weight is 291 g/mol. The van der Waals surface area contributed by atoms with Crippen molar-refractivity contribution in [1.82, 2.24) is 0 Å². The Balaban J connectivity index is 1.80. The van der Waals surface area contributed by atoms with Crippen molar-refractivity contribution in [1.29, 1.82) is 0 Å². The van der Waals surface area contributed by atoms with E-state index in [0.29, 0.717) is 17.0 Å². The number of halogens is 2. The van der Waals surface area contributed by atoms with E-state index in [0.717, 1.165) is 18.4 Å². The molecule has 1 aliphatic carbocycles. The molecule has 104 valence electrons. The van der Waals surface area contributed by atoms with Gasteiger partial charge in [-0.2, -0.15) is 0 Å². The van der Waals surface area contributed by atoms with E-state index in [2.05, 4.69) is 12.1 Å². The van der Waals surface area contributed by atoms with Crippen molar-refractivity contribution >= 4 is 11.6 Å². The lowest BCUT2D eigenvalue weighted by molar-refractivity contribution is 0.173. The molecule has 3 rings (SSSR count). The number of benzene rings is 2.